The van der Waals surface area contributed by atoms with Crippen LogP contribution in [0.2, 0.25) is 0 Å². The molecule has 1 amide bonds. The van der Waals surface area contributed by atoms with Gasteiger partial charge in [-0.2, -0.15) is 9.90 Å². The Labute approximate surface area is 109 Å². The second-order valence-corrected chi connectivity index (χ2v) is 4.07. The van der Waals surface area contributed by atoms with Crippen molar-refractivity contribution in [3.63, 3.8) is 0 Å². The number of nitrogens with zero attached hydrogens (tertiary/aromatic N) is 6. The molecule has 0 aliphatic carbocycles. The number of nitrogens with one attached hydrogen (secondary N) is 1. The van der Waals surface area contributed by atoms with Crippen molar-refractivity contribution in [3.8, 4) is 0 Å². The number of amides is 1. The zero-order chi connectivity index (χ0) is 13.8. The minimum atomic E-state index is -0.301. The first kappa shape index (κ1) is 13.1. The molecule has 0 aliphatic heterocycles. The largest absolute Gasteiger partial charge is 0.330 e. The van der Waals surface area contributed by atoms with Crippen molar-refractivity contribution in [1.82, 2.24) is 30.0 Å². The number of rotatable bonds is 5. The maximum atomic E-state index is 12.0. The third-order valence-corrected chi connectivity index (χ3v) is 2.66. The van der Waals surface area contributed by atoms with Gasteiger partial charge in [0.05, 0.1) is 18.8 Å². The van der Waals surface area contributed by atoms with Crippen molar-refractivity contribution in [2.24, 2.45) is 12.8 Å². The number of tetrazole rings is 1. The molecular formula is C10H16N8O. The summed E-state index contributed by atoms with van der Waals surface area (Å²) in [6.45, 7) is 3.12. The SMILES string of the molecule is Cc1c(C(=O)Nc2nnn(C)n2)cnn1CCCN. The van der Waals surface area contributed by atoms with Gasteiger partial charge in [-0.05, 0) is 25.1 Å². The molecule has 19 heavy (non-hydrogen) atoms. The molecule has 0 atom stereocenters. The summed E-state index contributed by atoms with van der Waals surface area (Å²) >= 11 is 0. The average Bonchev–Trinajstić information content (AvgIpc) is 2.93. The predicted octanol–water partition coefficient (Wildman–Crippen LogP) is -0.684. The van der Waals surface area contributed by atoms with Crippen molar-refractivity contribution in [3.05, 3.63) is 17.5 Å². The molecule has 2 rings (SSSR count). The zero-order valence-electron chi connectivity index (χ0n) is 10.9. The van der Waals surface area contributed by atoms with Gasteiger partial charge in [0.1, 0.15) is 0 Å². The molecule has 102 valence electrons. The highest BCUT2D eigenvalue weighted by Gasteiger charge is 2.15. The summed E-state index contributed by atoms with van der Waals surface area (Å²) in [7, 11) is 1.62. The van der Waals surface area contributed by atoms with E-state index < -0.39 is 0 Å². The van der Waals surface area contributed by atoms with Crippen molar-refractivity contribution in [2.75, 3.05) is 11.9 Å². The lowest BCUT2D eigenvalue weighted by Gasteiger charge is -2.04. The fraction of sp³-hybridized carbons (Fsp3) is 0.500. The number of hydrogen-bond acceptors (Lipinski definition) is 6. The van der Waals surface area contributed by atoms with Crippen LogP contribution in [0.15, 0.2) is 6.20 Å². The Bertz CT molecular complexity index is 572. The molecule has 0 saturated heterocycles. The van der Waals surface area contributed by atoms with E-state index in [1.54, 1.807) is 11.7 Å². The number of nitrogens with two attached hydrogens (primary N) is 1. The Morgan fingerprint density at radius 3 is 2.95 bits per heavy atom. The lowest BCUT2D eigenvalue weighted by Crippen LogP contribution is -2.15. The van der Waals surface area contributed by atoms with Crippen LogP contribution in [0.3, 0.4) is 0 Å². The summed E-state index contributed by atoms with van der Waals surface area (Å²) in [6, 6.07) is 0. The molecule has 0 aromatic carbocycles. The Kier molecular flexibility index (Phi) is 3.85. The van der Waals surface area contributed by atoms with E-state index in [1.165, 1.54) is 11.0 Å². The third-order valence-electron chi connectivity index (χ3n) is 2.66. The minimum Gasteiger partial charge on any atom is -0.330 e. The predicted molar refractivity (Wildman–Crippen MR) is 67.4 cm³/mol. The van der Waals surface area contributed by atoms with Gasteiger partial charge in [0.2, 0.25) is 0 Å². The van der Waals surface area contributed by atoms with E-state index in [2.05, 4.69) is 25.8 Å². The van der Waals surface area contributed by atoms with Crippen molar-refractivity contribution in [2.45, 2.75) is 19.9 Å². The Balaban J connectivity index is 2.09. The first-order chi connectivity index (χ1) is 9.11. The Morgan fingerprint density at radius 2 is 2.32 bits per heavy atom. The number of hydrogen-bond donors (Lipinski definition) is 2. The quantitative estimate of drug-likeness (QED) is 0.738. The van der Waals surface area contributed by atoms with Crippen LogP contribution >= 0.6 is 0 Å². The monoisotopic (exact) mass is 264 g/mol. The molecule has 2 aromatic heterocycles. The summed E-state index contributed by atoms with van der Waals surface area (Å²) in [4.78, 5) is 13.3. The molecule has 3 N–H and O–H groups in total. The van der Waals surface area contributed by atoms with E-state index in [0.717, 1.165) is 12.1 Å². The Hall–Kier alpha value is -2.29. The smallest absolute Gasteiger partial charge is 0.270 e. The fourth-order valence-electron chi connectivity index (χ4n) is 1.64. The van der Waals surface area contributed by atoms with Crippen molar-refractivity contribution in [1.29, 1.82) is 0 Å². The summed E-state index contributed by atoms with van der Waals surface area (Å²) in [5, 5.41) is 17.9. The molecule has 0 bridgehead atoms. The van der Waals surface area contributed by atoms with Crippen LogP contribution in [0.4, 0.5) is 5.95 Å². The highest BCUT2D eigenvalue weighted by molar-refractivity contribution is 6.03. The molecule has 9 heteroatoms. The molecule has 0 unspecified atom stereocenters. The van der Waals surface area contributed by atoms with E-state index in [4.69, 9.17) is 5.73 Å². The van der Waals surface area contributed by atoms with Gasteiger partial charge in [-0.25, -0.2) is 0 Å². The highest BCUT2D eigenvalue weighted by atomic mass is 16.2. The molecule has 0 spiro atoms. The van der Waals surface area contributed by atoms with Crippen LogP contribution < -0.4 is 11.1 Å². The van der Waals surface area contributed by atoms with Gasteiger partial charge in [-0.1, -0.05) is 5.10 Å². The summed E-state index contributed by atoms with van der Waals surface area (Å²) in [6.07, 6.45) is 2.34. The van der Waals surface area contributed by atoms with Crippen LogP contribution in [0.5, 0.6) is 0 Å². The first-order valence-electron chi connectivity index (χ1n) is 5.89. The average molecular weight is 264 g/mol. The van der Waals surface area contributed by atoms with Crippen LogP contribution in [-0.4, -0.2) is 42.4 Å². The standard InChI is InChI=1S/C10H16N8O/c1-7-8(6-12-18(7)5-3-4-11)9(19)13-10-14-16-17(2)15-10/h6H,3-5,11H2,1-2H3,(H,13,15,19). The zero-order valence-corrected chi connectivity index (χ0v) is 10.9. The van der Waals surface area contributed by atoms with Crippen LogP contribution in [-0.2, 0) is 13.6 Å². The van der Waals surface area contributed by atoms with Gasteiger partial charge >= 0.3 is 0 Å². The van der Waals surface area contributed by atoms with Crippen LogP contribution in [0.25, 0.3) is 0 Å². The fourth-order valence-corrected chi connectivity index (χ4v) is 1.64. The van der Waals surface area contributed by atoms with Gasteiger partial charge in [-0.15, -0.1) is 5.10 Å². The maximum absolute atomic E-state index is 12.0. The number of carbonyl (C=O) groups excluding carboxylic acids is 1. The van der Waals surface area contributed by atoms with Gasteiger partial charge in [-0.3, -0.25) is 14.8 Å². The van der Waals surface area contributed by atoms with Gasteiger partial charge in [0.25, 0.3) is 11.9 Å². The molecule has 0 fully saturated rings. The van der Waals surface area contributed by atoms with Gasteiger partial charge < -0.3 is 5.73 Å². The third kappa shape index (κ3) is 2.94. The normalized spacial score (nSPS) is 10.7. The first-order valence-corrected chi connectivity index (χ1v) is 5.89. The highest BCUT2D eigenvalue weighted by Crippen LogP contribution is 2.09. The number of anilines is 1. The summed E-state index contributed by atoms with van der Waals surface area (Å²) in [5.41, 5.74) is 6.73. The molecule has 2 heterocycles. The van der Waals surface area contributed by atoms with E-state index in [1.807, 2.05) is 6.92 Å². The summed E-state index contributed by atoms with van der Waals surface area (Å²) in [5.74, 6) is -0.133. The minimum absolute atomic E-state index is 0.168. The van der Waals surface area contributed by atoms with Gasteiger partial charge in [0.15, 0.2) is 0 Å². The number of aromatic nitrogens is 6. The molecule has 0 saturated carbocycles. The van der Waals surface area contributed by atoms with Crippen LogP contribution in [0.1, 0.15) is 22.5 Å². The molecule has 0 aliphatic rings. The number of carbonyl (C=O) groups is 1. The molecular weight excluding hydrogens is 248 g/mol. The van der Waals surface area contributed by atoms with E-state index in [-0.39, 0.29) is 11.9 Å². The second kappa shape index (κ2) is 5.57. The van der Waals surface area contributed by atoms with Crippen molar-refractivity contribution < 1.29 is 4.79 Å². The van der Waals surface area contributed by atoms with E-state index in [0.29, 0.717) is 18.7 Å². The lowest BCUT2D eigenvalue weighted by molar-refractivity contribution is 0.102. The Morgan fingerprint density at radius 1 is 1.53 bits per heavy atom. The topological polar surface area (TPSA) is 117 Å². The van der Waals surface area contributed by atoms with E-state index in [9.17, 15) is 4.79 Å². The molecule has 9 nitrogen and oxygen atoms in total. The summed E-state index contributed by atoms with van der Waals surface area (Å²) < 4.78 is 1.76. The molecule has 0 radical (unpaired) electrons. The number of aryl methyl sites for hydroxylation is 2. The maximum Gasteiger partial charge on any atom is 0.270 e. The van der Waals surface area contributed by atoms with Crippen LogP contribution in [0, 0.1) is 6.92 Å². The van der Waals surface area contributed by atoms with E-state index >= 15 is 0 Å². The lowest BCUT2D eigenvalue weighted by atomic mass is 10.2. The van der Waals surface area contributed by atoms with Crippen molar-refractivity contribution >= 4 is 11.9 Å². The van der Waals surface area contributed by atoms with Gasteiger partial charge in [0, 0.05) is 12.2 Å². The molecule has 2 aromatic rings. The second-order valence-electron chi connectivity index (χ2n) is 4.07.